The second kappa shape index (κ2) is 8.49. The van der Waals surface area contributed by atoms with E-state index >= 15 is 0 Å². The van der Waals surface area contributed by atoms with Crippen molar-refractivity contribution < 1.29 is 4.79 Å². The van der Waals surface area contributed by atoms with E-state index in [0.717, 1.165) is 12.8 Å². The van der Waals surface area contributed by atoms with Crippen LogP contribution in [0.1, 0.15) is 85.0 Å². The summed E-state index contributed by atoms with van der Waals surface area (Å²) in [4.78, 5) is 12.4. The summed E-state index contributed by atoms with van der Waals surface area (Å²) in [5, 5.41) is 0. The van der Waals surface area contributed by atoms with Crippen LogP contribution in [0.4, 0.5) is 0 Å². The third kappa shape index (κ3) is 4.34. The van der Waals surface area contributed by atoms with Crippen LogP contribution in [0.3, 0.4) is 0 Å². The van der Waals surface area contributed by atoms with Gasteiger partial charge in [-0.3, -0.25) is 0 Å². The van der Waals surface area contributed by atoms with Crippen LogP contribution in [-0.2, 0) is 4.79 Å². The third-order valence-electron chi connectivity index (χ3n) is 4.88. The molecule has 0 N–H and O–H groups in total. The standard InChI is InChI=1S/C17H29O.Sn.3H/c1-4-7-10-15-13-17(11-8-5-2,12-9-6-3)14-16(15)18;;;;/h4-12,14H2,1-3H3;;;;. The van der Waals surface area contributed by atoms with Gasteiger partial charge in [0, 0.05) is 0 Å². The van der Waals surface area contributed by atoms with Crippen LogP contribution < -0.4 is 0 Å². The molecule has 0 bridgehead atoms. The Kier molecular flexibility index (Phi) is 7.71. The van der Waals surface area contributed by atoms with Crippen molar-refractivity contribution in [2.24, 2.45) is 5.41 Å². The fourth-order valence-corrected chi connectivity index (χ4v) is 6.90. The molecule has 1 aliphatic rings. The van der Waals surface area contributed by atoms with Gasteiger partial charge in [0.15, 0.2) is 0 Å². The molecule has 0 aliphatic heterocycles. The van der Waals surface area contributed by atoms with Crippen LogP contribution >= 0.6 is 0 Å². The average molecular weight is 371 g/mol. The Morgan fingerprint density at radius 2 is 1.53 bits per heavy atom. The van der Waals surface area contributed by atoms with E-state index in [1.807, 2.05) is 0 Å². The molecule has 1 nitrogen and oxygen atoms in total. The van der Waals surface area contributed by atoms with Crippen LogP contribution in [0.25, 0.3) is 0 Å². The summed E-state index contributed by atoms with van der Waals surface area (Å²) in [5.41, 5.74) is 1.60. The molecule has 0 saturated carbocycles. The molecular formula is C17H32OSn. The molecule has 0 atom stereocenters. The van der Waals surface area contributed by atoms with Crippen LogP contribution in [0, 0.1) is 5.41 Å². The number of hydrogen-bond acceptors (Lipinski definition) is 1. The van der Waals surface area contributed by atoms with Gasteiger partial charge in [-0.25, -0.2) is 0 Å². The number of allylic oxidation sites excluding steroid dienone is 2. The van der Waals surface area contributed by atoms with Crippen molar-refractivity contribution >= 4 is 28.3 Å². The van der Waals surface area contributed by atoms with E-state index in [2.05, 4.69) is 20.8 Å². The van der Waals surface area contributed by atoms with Gasteiger partial charge >= 0.3 is 133 Å². The van der Waals surface area contributed by atoms with Crippen molar-refractivity contribution in [1.82, 2.24) is 0 Å². The Balaban J connectivity index is 2.90. The van der Waals surface area contributed by atoms with Gasteiger partial charge in [-0.05, 0) is 0 Å². The minimum atomic E-state index is 0.322. The van der Waals surface area contributed by atoms with Gasteiger partial charge in [0.1, 0.15) is 0 Å². The maximum atomic E-state index is 12.4. The van der Waals surface area contributed by atoms with E-state index in [4.69, 9.17) is 0 Å². The van der Waals surface area contributed by atoms with Crippen molar-refractivity contribution in [1.29, 1.82) is 0 Å². The van der Waals surface area contributed by atoms with E-state index in [9.17, 15) is 4.79 Å². The summed E-state index contributed by atoms with van der Waals surface area (Å²) in [5.74, 6) is 0.509. The van der Waals surface area contributed by atoms with E-state index in [0.29, 0.717) is 33.7 Å². The molecule has 1 rings (SSSR count). The number of ketones is 1. The Bertz CT molecular complexity index is 322. The monoisotopic (exact) mass is 372 g/mol. The summed E-state index contributed by atoms with van der Waals surface area (Å²) in [7, 11) is 0. The Morgan fingerprint density at radius 3 is 2.00 bits per heavy atom. The van der Waals surface area contributed by atoms with E-state index in [-0.39, 0.29) is 0 Å². The van der Waals surface area contributed by atoms with Gasteiger partial charge in [0.2, 0.25) is 0 Å². The number of unbranched alkanes of at least 4 members (excludes halogenated alkanes) is 3. The predicted octanol–water partition coefficient (Wildman–Crippen LogP) is 4.14. The normalized spacial score (nSPS) is 18.6. The van der Waals surface area contributed by atoms with Crippen LogP contribution in [0.5, 0.6) is 0 Å². The molecule has 1 aliphatic carbocycles. The number of Topliss-reactive ketones (excluding diaryl/α,β-unsaturated/α-hetero) is 1. The minimum absolute atomic E-state index is 0.322. The first-order chi connectivity index (χ1) is 9.11. The Hall–Kier alpha value is 0.209. The first kappa shape index (κ1) is 17.3. The Labute approximate surface area is 132 Å². The van der Waals surface area contributed by atoms with E-state index in [1.54, 1.807) is 3.59 Å². The zero-order valence-corrected chi connectivity index (χ0v) is 19.2. The maximum absolute atomic E-state index is 12.4. The average Bonchev–Trinajstić information content (AvgIpc) is 2.64. The van der Waals surface area contributed by atoms with Gasteiger partial charge in [0.05, 0.1) is 0 Å². The molecule has 0 aromatic heterocycles. The van der Waals surface area contributed by atoms with Crippen molar-refractivity contribution in [3.05, 3.63) is 9.16 Å². The molecule has 2 heteroatoms. The molecule has 19 heavy (non-hydrogen) atoms. The predicted molar refractivity (Wildman–Crippen MR) is 87.6 cm³/mol. The first-order valence-corrected chi connectivity index (χ1v) is 11.2. The topological polar surface area (TPSA) is 17.1 Å². The second-order valence-electron chi connectivity index (χ2n) is 6.29. The molecule has 0 amide bonds. The molecule has 0 heterocycles. The number of carbonyl (C=O) groups excluding carboxylic acids is 1. The van der Waals surface area contributed by atoms with E-state index < -0.39 is 0 Å². The molecule has 0 unspecified atom stereocenters. The molecule has 0 saturated heterocycles. The van der Waals surface area contributed by atoms with Gasteiger partial charge in [0.25, 0.3) is 0 Å². The quantitative estimate of drug-likeness (QED) is 0.557. The number of carbonyl (C=O) groups is 1. The third-order valence-corrected chi connectivity index (χ3v) is 9.63. The summed E-state index contributed by atoms with van der Waals surface area (Å²) in [6.45, 7) is 6.76. The fraction of sp³-hybridized carbons (Fsp3) is 0.824. The zero-order valence-electron chi connectivity index (χ0n) is 13.5. The molecule has 110 valence electrons. The Morgan fingerprint density at radius 1 is 1.00 bits per heavy atom. The molecule has 0 spiro atoms. The number of hydrogen-bond donors (Lipinski definition) is 0. The van der Waals surface area contributed by atoms with E-state index in [1.165, 1.54) is 56.9 Å². The van der Waals surface area contributed by atoms with Crippen LogP contribution in [0.15, 0.2) is 9.16 Å². The molecule has 0 aromatic carbocycles. The molecule has 0 radical (unpaired) electrons. The number of rotatable bonds is 9. The molecule has 0 fully saturated rings. The molecular weight excluding hydrogens is 339 g/mol. The van der Waals surface area contributed by atoms with Gasteiger partial charge in [-0.15, -0.1) is 0 Å². The zero-order chi connectivity index (χ0) is 14.3. The van der Waals surface area contributed by atoms with Gasteiger partial charge in [-0.2, -0.15) is 0 Å². The second-order valence-corrected chi connectivity index (χ2v) is 9.15. The van der Waals surface area contributed by atoms with Crippen molar-refractivity contribution in [3.63, 3.8) is 0 Å². The summed E-state index contributed by atoms with van der Waals surface area (Å²) < 4.78 is 1.66. The summed E-state index contributed by atoms with van der Waals surface area (Å²) in [6, 6.07) is 0. The fourth-order valence-electron chi connectivity index (χ4n) is 3.46. The van der Waals surface area contributed by atoms with Gasteiger partial charge in [-0.1, -0.05) is 0 Å². The van der Waals surface area contributed by atoms with Crippen molar-refractivity contribution in [2.75, 3.05) is 0 Å². The van der Waals surface area contributed by atoms with Gasteiger partial charge < -0.3 is 0 Å². The van der Waals surface area contributed by atoms with Crippen molar-refractivity contribution in [2.45, 2.75) is 85.0 Å². The van der Waals surface area contributed by atoms with Crippen LogP contribution in [0.2, 0.25) is 0 Å². The molecule has 0 aromatic rings. The summed E-state index contributed by atoms with van der Waals surface area (Å²) >= 11 is 0.496. The summed E-state index contributed by atoms with van der Waals surface area (Å²) in [6.07, 6.45) is 12.0. The van der Waals surface area contributed by atoms with Crippen molar-refractivity contribution in [3.8, 4) is 0 Å². The SMILES string of the molecule is CCCCC1=[C]([SnH3])C(CCCC)(CCCC)CC1=O. The van der Waals surface area contributed by atoms with Crippen LogP contribution in [-0.4, -0.2) is 28.3 Å². The first-order valence-electron chi connectivity index (χ1n) is 8.34.